The molecule has 0 spiro atoms. The molecule has 2 aromatic heterocycles. The van der Waals surface area contributed by atoms with Crippen LogP contribution in [-0.4, -0.2) is 9.97 Å². The molecule has 2 nitrogen and oxygen atoms in total. The van der Waals surface area contributed by atoms with Gasteiger partial charge >= 0.3 is 17.1 Å². The molecule has 3 heteroatoms. The standard InChI is InChI=1S/2C5H5N.2C5H5.Mn/c2*1-2-4-6-5-3-1;2*1-2-4-5-3-1;/h2*1-5H;2*1-5H;/q;;2*-1;+2. The third-order valence-corrected chi connectivity index (χ3v) is 2.24. The molecule has 4 rings (SSSR count). The summed E-state index contributed by atoms with van der Waals surface area (Å²) in [5.41, 5.74) is 0. The molecular weight excluding hydrogens is 323 g/mol. The van der Waals surface area contributed by atoms with Gasteiger partial charge in [-0.2, -0.15) is 36.4 Å². The maximum absolute atomic E-state index is 3.78. The Balaban J connectivity index is 0.000000278. The zero-order valence-corrected chi connectivity index (χ0v) is 14.0. The number of pyridine rings is 2. The minimum Gasteiger partial charge on any atom is -0.265 e. The molecule has 0 atom stereocenters. The fourth-order valence-corrected chi connectivity index (χ4v) is 1.27. The van der Waals surface area contributed by atoms with Crippen molar-refractivity contribution in [3.63, 3.8) is 0 Å². The molecule has 0 N–H and O–H groups in total. The minimum absolute atomic E-state index is 0. The molecule has 23 heavy (non-hydrogen) atoms. The van der Waals surface area contributed by atoms with Crippen molar-refractivity contribution in [2.75, 3.05) is 0 Å². The molecule has 117 valence electrons. The van der Waals surface area contributed by atoms with Gasteiger partial charge in [0.15, 0.2) is 0 Å². The first-order chi connectivity index (χ1) is 11.0. The predicted octanol–water partition coefficient (Wildman–Crippen LogP) is 4.97. The van der Waals surface area contributed by atoms with Crippen LogP contribution in [-0.2, 0) is 17.1 Å². The van der Waals surface area contributed by atoms with Crippen LogP contribution in [0.4, 0.5) is 0 Å². The van der Waals surface area contributed by atoms with Gasteiger partial charge in [-0.25, -0.2) is 24.3 Å². The molecule has 0 fully saturated rings. The molecule has 2 heterocycles. The second-order valence-electron chi connectivity index (χ2n) is 3.97. The van der Waals surface area contributed by atoms with Crippen molar-refractivity contribution >= 4 is 0 Å². The van der Waals surface area contributed by atoms with Crippen molar-refractivity contribution in [3.8, 4) is 0 Å². The van der Waals surface area contributed by atoms with E-state index >= 15 is 0 Å². The summed E-state index contributed by atoms with van der Waals surface area (Å²) in [6.07, 6.45) is 7.00. The van der Waals surface area contributed by atoms with E-state index in [2.05, 4.69) is 9.97 Å². The summed E-state index contributed by atoms with van der Waals surface area (Å²) in [6, 6.07) is 31.4. The van der Waals surface area contributed by atoms with E-state index in [9.17, 15) is 0 Å². The van der Waals surface area contributed by atoms with Gasteiger partial charge in [-0.1, -0.05) is 12.1 Å². The maximum Gasteiger partial charge on any atom is 2.00 e. The predicted molar refractivity (Wildman–Crippen MR) is 92.5 cm³/mol. The van der Waals surface area contributed by atoms with Gasteiger partial charge in [0.05, 0.1) is 0 Å². The van der Waals surface area contributed by atoms with Crippen molar-refractivity contribution in [3.05, 3.63) is 122 Å². The van der Waals surface area contributed by atoms with E-state index in [0.29, 0.717) is 0 Å². The first-order valence-corrected chi connectivity index (χ1v) is 7.03. The molecule has 0 unspecified atom stereocenters. The second-order valence-corrected chi connectivity index (χ2v) is 3.97. The fourth-order valence-electron chi connectivity index (χ4n) is 1.27. The SMILES string of the molecule is [Mn+2].c1cc[cH-]c1.c1cc[cH-]c1.c1ccncc1.c1ccncc1. The van der Waals surface area contributed by atoms with Gasteiger partial charge in [0.1, 0.15) is 0 Å². The summed E-state index contributed by atoms with van der Waals surface area (Å²) in [4.78, 5) is 7.57. The molecule has 0 aliphatic rings. The Labute approximate surface area is 149 Å². The van der Waals surface area contributed by atoms with Gasteiger partial charge in [0.25, 0.3) is 0 Å². The summed E-state index contributed by atoms with van der Waals surface area (Å²) < 4.78 is 0. The summed E-state index contributed by atoms with van der Waals surface area (Å²) in [7, 11) is 0. The van der Waals surface area contributed by atoms with E-state index in [1.165, 1.54) is 0 Å². The van der Waals surface area contributed by atoms with Gasteiger partial charge in [0.2, 0.25) is 0 Å². The summed E-state index contributed by atoms with van der Waals surface area (Å²) in [5.74, 6) is 0. The second kappa shape index (κ2) is 17.6. The average molecular weight is 343 g/mol. The van der Waals surface area contributed by atoms with Crippen molar-refractivity contribution in [1.29, 1.82) is 0 Å². The molecule has 2 aromatic carbocycles. The van der Waals surface area contributed by atoms with Crippen molar-refractivity contribution in [2.45, 2.75) is 0 Å². The quantitative estimate of drug-likeness (QED) is 0.333. The van der Waals surface area contributed by atoms with Crippen LogP contribution in [0.15, 0.2) is 122 Å². The van der Waals surface area contributed by atoms with Gasteiger partial charge in [0, 0.05) is 24.8 Å². The van der Waals surface area contributed by atoms with Crippen LogP contribution in [0.2, 0.25) is 0 Å². The molecule has 4 aromatic rings. The monoisotopic (exact) mass is 343 g/mol. The van der Waals surface area contributed by atoms with Gasteiger partial charge in [-0.05, 0) is 24.3 Å². The molecule has 0 aliphatic carbocycles. The Morgan fingerprint density at radius 2 is 0.696 bits per heavy atom. The van der Waals surface area contributed by atoms with Crippen molar-refractivity contribution in [2.24, 2.45) is 0 Å². The third-order valence-electron chi connectivity index (χ3n) is 2.24. The number of hydrogen-bond acceptors (Lipinski definition) is 2. The maximum atomic E-state index is 3.78. The molecular formula is C20H20MnN2. The van der Waals surface area contributed by atoms with E-state index in [1.54, 1.807) is 24.8 Å². The fraction of sp³-hybridized carbons (Fsp3) is 0. The molecule has 0 aliphatic heterocycles. The van der Waals surface area contributed by atoms with Crippen LogP contribution >= 0.6 is 0 Å². The molecule has 0 bridgehead atoms. The van der Waals surface area contributed by atoms with E-state index < -0.39 is 0 Å². The Morgan fingerprint density at radius 1 is 0.391 bits per heavy atom. The first-order valence-electron chi connectivity index (χ1n) is 7.03. The normalized spacial score (nSPS) is 7.65. The molecule has 1 radical (unpaired) electrons. The minimum atomic E-state index is 0. The number of rotatable bonds is 0. The van der Waals surface area contributed by atoms with Gasteiger partial charge in [-0.15, -0.1) is 0 Å². The summed E-state index contributed by atoms with van der Waals surface area (Å²) in [5, 5.41) is 0. The first kappa shape index (κ1) is 20.5. The summed E-state index contributed by atoms with van der Waals surface area (Å²) >= 11 is 0. The molecule has 0 saturated heterocycles. The van der Waals surface area contributed by atoms with Crippen LogP contribution in [0.3, 0.4) is 0 Å². The van der Waals surface area contributed by atoms with E-state index in [1.807, 2.05) is 97.1 Å². The van der Waals surface area contributed by atoms with E-state index in [-0.39, 0.29) is 17.1 Å². The largest absolute Gasteiger partial charge is 2.00 e. The number of nitrogens with zero attached hydrogens (tertiary/aromatic N) is 2. The summed E-state index contributed by atoms with van der Waals surface area (Å²) in [6.45, 7) is 0. The molecule has 0 amide bonds. The zero-order valence-electron chi connectivity index (χ0n) is 12.8. The topological polar surface area (TPSA) is 25.8 Å². The Kier molecular flexibility index (Phi) is 15.7. The Bertz CT molecular complexity index is 445. The van der Waals surface area contributed by atoms with Crippen LogP contribution in [0.1, 0.15) is 0 Å². The Hall–Kier alpha value is -2.48. The van der Waals surface area contributed by atoms with Crippen molar-refractivity contribution in [1.82, 2.24) is 9.97 Å². The van der Waals surface area contributed by atoms with Gasteiger partial charge < -0.3 is 0 Å². The molecule has 0 saturated carbocycles. The van der Waals surface area contributed by atoms with Crippen LogP contribution in [0, 0.1) is 0 Å². The van der Waals surface area contributed by atoms with Gasteiger partial charge in [-0.3, -0.25) is 9.97 Å². The number of hydrogen-bond donors (Lipinski definition) is 0. The van der Waals surface area contributed by atoms with Crippen molar-refractivity contribution < 1.29 is 17.1 Å². The average Bonchev–Trinajstić information content (AvgIpc) is 3.37. The third kappa shape index (κ3) is 15.7. The van der Waals surface area contributed by atoms with Crippen LogP contribution in [0.5, 0.6) is 0 Å². The van der Waals surface area contributed by atoms with Crippen LogP contribution in [0.25, 0.3) is 0 Å². The van der Waals surface area contributed by atoms with E-state index in [0.717, 1.165) is 0 Å². The Morgan fingerprint density at radius 3 is 0.783 bits per heavy atom. The smallest absolute Gasteiger partial charge is 0.265 e. The van der Waals surface area contributed by atoms with Crippen LogP contribution < -0.4 is 0 Å². The number of aromatic nitrogens is 2. The zero-order chi connectivity index (χ0) is 15.6. The van der Waals surface area contributed by atoms with E-state index in [4.69, 9.17) is 0 Å².